The molecule has 0 saturated carbocycles. The Labute approximate surface area is 183 Å². The summed E-state index contributed by atoms with van der Waals surface area (Å²) in [6, 6.07) is 9.72. The summed E-state index contributed by atoms with van der Waals surface area (Å²) >= 11 is 5.81. The van der Waals surface area contributed by atoms with Crippen molar-refractivity contribution < 1.29 is 14.0 Å². The van der Waals surface area contributed by atoms with Crippen LogP contribution in [0.3, 0.4) is 0 Å². The van der Waals surface area contributed by atoms with Gasteiger partial charge < -0.3 is 20.1 Å². The van der Waals surface area contributed by atoms with Crippen molar-refractivity contribution in [2.75, 3.05) is 26.0 Å². The van der Waals surface area contributed by atoms with Gasteiger partial charge in [-0.05, 0) is 42.1 Å². The lowest BCUT2D eigenvalue weighted by molar-refractivity contribution is -0.129. The molecule has 0 aliphatic carbocycles. The van der Waals surface area contributed by atoms with Crippen molar-refractivity contribution in [2.24, 2.45) is 0 Å². The van der Waals surface area contributed by atoms with Crippen LogP contribution in [0.15, 0.2) is 53.5 Å². The molecule has 1 heterocycles. The summed E-state index contributed by atoms with van der Waals surface area (Å²) in [5.74, 6) is -0.889. The Morgan fingerprint density at radius 1 is 1.16 bits per heavy atom. The standard InChI is InChI=1S/C22H22ClFN4O3/c1-13(17-11-25-21(30)16-7-5-4-6-15(16)17)28(12-20(29)27(2)3)22(31)26-14-8-9-19(24)18(23)10-14/h4-11,13H,12H2,1-3H3,(H,25,30)(H,26,31)/t13-/m1/s1. The van der Waals surface area contributed by atoms with Crippen LogP contribution in [0, 0.1) is 5.82 Å². The molecule has 0 radical (unpaired) electrons. The van der Waals surface area contributed by atoms with Crippen molar-refractivity contribution in [2.45, 2.75) is 13.0 Å². The van der Waals surface area contributed by atoms with Gasteiger partial charge in [0.2, 0.25) is 5.91 Å². The van der Waals surface area contributed by atoms with E-state index in [2.05, 4.69) is 10.3 Å². The smallest absolute Gasteiger partial charge is 0.322 e. The third kappa shape index (κ3) is 4.86. The first-order chi connectivity index (χ1) is 14.7. The average Bonchev–Trinajstić information content (AvgIpc) is 2.74. The molecule has 31 heavy (non-hydrogen) atoms. The molecule has 0 fully saturated rings. The summed E-state index contributed by atoms with van der Waals surface area (Å²) in [5, 5.41) is 3.69. The number of nitrogens with one attached hydrogen (secondary N) is 2. The first kappa shape index (κ1) is 22.3. The first-order valence-electron chi connectivity index (χ1n) is 9.52. The molecule has 9 heteroatoms. The molecule has 2 aromatic carbocycles. The molecule has 0 spiro atoms. The highest BCUT2D eigenvalue weighted by Crippen LogP contribution is 2.27. The van der Waals surface area contributed by atoms with Crippen LogP contribution in [0.25, 0.3) is 10.8 Å². The Bertz CT molecular complexity index is 1190. The summed E-state index contributed by atoms with van der Waals surface area (Å²) in [6.07, 6.45) is 1.55. The lowest BCUT2D eigenvalue weighted by Crippen LogP contribution is -2.43. The number of aromatic nitrogens is 1. The van der Waals surface area contributed by atoms with Crippen molar-refractivity contribution in [1.29, 1.82) is 0 Å². The van der Waals surface area contributed by atoms with Crippen molar-refractivity contribution in [3.8, 4) is 0 Å². The van der Waals surface area contributed by atoms with Gasteiger partial charge in [-0.3, -0.25) is 9.59 Å². The van der Waals surface area contributed by atoms with Gasteiger partial charge in [0.05, 0.1) is 11.1 Å². The Balaban J connectivity index is 1.99. The summed E-state index contributed by atoms with van der Waals surface area (Å²) in [4.78, 5) is 43.1. The maximum Gasteiger partial charge on any atom is 0.322 e. The van der Waals surface area contributed by atoms with Crippen LogP contribution >= 0.6 is 11.6 Å². The Hall–Kier alpha value is -3.39. The molecule has 0 bridgehead atoms. The number of benzene rings is 2. The zero-order valence-electron chi connectivity index (χ0n) is 17.3. The molecular weight excluding hydrogens is 423 g/mol. The second-order valence-corrected chi connectivity index (χ2v) is 7.68. The van der Waals surface area contributed by atoms with Gasteiger partial charge in [-0.15, -0.1) is 0 Å². The fourth-order valence-corrected chi connectivity index (χ4v) is 3.37. The number of rotatable bonds is 5. The average molecular weight is 445 g/mol. The molecule has 3 aromatic rings. The van der Waals surface area contributed by atoms with E-state index in [4.69, 9.17) is 11.6 Å². The van der Waals surface area contributed by atoms with Crippen LogP contribution < -0.4 is 10.9 Å². The Morgan fingerprint density at radius 3 is 2.48 bits per heavy atom. The molecular formula is C22H22ClFN4O3. The number of nitrogens with zero attached hydrogens (tertiary/aromatic N) is 2. The van der Waals surface area contributed by atoms with Gasteiger partial charge in [-0.2, -0.15) is 0 Å². The van der Waals surface area contributed by atoms with Crippen molar-refractivity contribution in [1.82, 2.24) is 14.8 Å². The second-order valence-electron chi connectivity index (χ2n) is 7.27. The number of fused-ring (bicyclic) bond motifs is 1. The molecule has 1 atom stereocenters. The first-order valence-corrected chi connectivity index (χ1v) is 9.90. The summed E-state index contributed by atoms with van der Waals surface area (Å²) in [5.41, 5.74) is 0.721. The van der Waals surface area contributed by atoms with E-state index in [9.17, 15) is 18.8 Å². The second kappa shape index (κ2) is 9.18. The molecule has 1 aromatic heterocycles. The van der Waals surface area contributed by atoms with E-state index in [1.807, 2.05) is 0 Å². The van der Waals surface area contributed by atoms with E-state index in [1.54, 1.807) is 51.5 Å². The molecule has 0 aliphatic heterocycles. The quantitative estimate of drug-likeness (QED) is 0.623. The SMILES string of the molecule is C[C@H](c1c[nH]c(=O)c2ccccc12)N(CC(=O)N(C)C)C(=O)Nc1ccc(F)c(Cl)c1. The van der Waals surface area contributed by atoms with Crippen molar-refractivity contribution in [3.05, 3.63) is 75.4 Å². The van der Waals surface area contributed by atoms with Crippen LogP contribution in [0.5, 0.6) is 0 Å². The number of amides is 3. The van der Waals surface area contributed by atoms with Crippen LogP contribution in [0.1, 0.15) is 18.5 Å². The predicted octanol–water partition coefficient (Wildman–Crippen LogP) is 4.00. The van der Waals surface area contributed by atoms with E-state index in [-0.39, 0.29) is 28.7 Å². The van der Waals surface area contributed by atoms with Gasteiger partial charge >= 0.3 is 6.03 Å². The minimum absolute atomic E-state index is 0.131. The number of pyridine rings is 1. The van der Waals surface area contributed by atoms with Crippen molar-refractivity contribution >= 4 is 40.0 Å². The number of anilines is 1. The number of urea groups is 1. The van der Waals surface area contributed by atoms with Crippen LogP contribution in [-0.4, -0.2) is 47.4 Å². The highest BCUT2D eigenvalue weighted by molar-refractivity contribution is 6.31. The largest absolute Gasteiger partial charge is 0.347 e. The number of likely N-dealkylation sites (N-methyl/N-ethyl adjacent to an activating group) is 1. The minimum Gasteiger partial charge on any atom is -0.347 e. The molecule has 0 unspecified atom stereocenters. The highest BCUT2D eigenvalue weighted by atomic mass is 35.5. The predicted molar refractivity (Wildman–Crippen MR) is 119 cm³/mol. The zero-order valence-corrected chi connectivity index (χ0v) is 18.0. The molecule has 0 aliphatic rings. The maximum atomic E-state index is 13.5. The lowest BCUT2D eigenvalue weighted by atomic mass is 10.0. The number of hydrogen-bond acceptors (Lipinski definition) is 3. The van der Waals surface area contributed by atoms with E-state index >= 15 is 0 Å². The molecule has 3 amide bonds. The van der Waals surface area contributed by atoms with Gasteiger partial charge in [0.1, 0.15) is 12.4 Å². The number of halogens is 2. The zero-order chi connectivity index (χ0) is 22.7. The summed E-state index contributed by atoms with van der Waals surface area (Å²) in [6.45, 7) is 1.56. The van der Waals surface area contributed by atoms with E-state index in [0.717, 1.165) is 6.07 Å². The molecule has 2 N–H and O–H groups in total. The molecule has 3 rings (SSSR count). The fourth-order valence-electron chi connectivity index (χ4n) is 3.19. The fraction of sp³-hybridized carbons (Fsp3) is 0.227. The van der Waals surface area contributed by atoms with Crippen LogP contribution in [0.2, 0.25) is 5.02 Å². The highest BCUT2D eigenvalue weighted by Gasteiger charge is 2.26. The summed E-state index contributed by atoms with van der Waals surface area (Å²) in [7, 11) is 3.19. The van der Waals surface area contributed by atoms with Gasteiger partial charge in [0, 0.05) is 31.4 Å². The maximum absolute atomic E-state index is 13.5. The molecule has 7 nitrogen and oxygen atoms in total. The van der Waals surface area contributed by atoms with Gasteiger partial charge in [-0.25, -0.2) is 9.18 Å². The Morgan fingerprint density at radius 2 is 1.84 bits per heavy atom. The number of carbonyl (C=O) groups is 2. The third-order valence-electron chi connectivity index (χ3n) is 5.00. The normalized spacial score (nSPS) is 11.8. The van der Waals surface area contributed by atoms with Crippen LogP contribution in [-0.2, 0) is 4.79 Å². The lowest BCUT2D eigenvalue weighted by Gasteiger charge is -2.30. The number of H-pyrrole nitrogens is 1. The number of hydrogen-bond donors (Lipinski definition) is 2. The van der Waals surface area contributed by atoms with E-state index in [0.29, 0.717) is 16.3 Å². The van der Waals surface area contributed by atoms with E-state index < -0.39 is 17.9 Å². The van der Waals surface area contributed by atoms with Gasteiger partial charge in [0.15, 0.2) is 0 Å². The number of carbonyl (C=O) groups excluding carboxylic acids is 2. The van der Waals surface area contributed by atoms with E-state index in [1.165, 1.54) is 21.9 Å². The number of aromatic amines is 1. The van der Waals surface area contributed by atoms with Crippen LogP contribution in [0.4, 0.5) is 14.9 Å². The van der Waals surface area contributed by atoms with Gasteiger partial charge in [-0.1, -0.05) is 29.8 Å². The summed E-state index contributed by atoms with van der Waals surface area (Å²) < 4.78 is 13.5. The molecule has 162 valence electrons. The topological polar surface area (TPSA) is 85.5 Å². The Kier molecular flexibility index (Phi) is 6.60. The minimum atomic E-state index is -0.604. The van der Waals surface area contributed by atoms with Crippen molar-refractivity contribution in [3.63, 3.8) is 0 Å². The third-order valence-corrected chi connectivity index (χ3v) is 5.28. The monoisotopic (exact) mass is 444 g/mol. The van der Waals surface area contributed by atoms with Gasteiger partial charge in [0.25, 0.3) is 5.56 Å². The molecule has 0 saturated heterocycles.